The number of hydrogen-bond acceptors (Lipinski definition) is 8. The summed E-state index contributed by atoms with van der Waals surface area (Å²) >= 11 is 7.00. The molecule has 0 unspecified atom stereocenters. The summed E-state index contributed by atoms with van der Waals surface area (Å²) in [5, 5.41) is 10.6. The minimum absolute atomic E-state index is 0.979. The molecule has 0 saturated carbocycles. The number of para-hydroxylation sites is 2. The number of thiazole rings is 4. The first-order chi connectivity index (χ1) is 54.7. The van der Waals surface area contributed by atoms with Crippen LogP contribution in [0.25, 0.3) is 149 Å². The molecule has 23 rings (SSSR count). The van der Waals surface area contributed by atoms with Crippen LogP contribution < -0.4 is 41.5 Å². The first kappa shape index (κ1) is 64.5. The Bertz CT molecular complexity index is 7700. The summed E-state index contributed by atoms with van der Waals surface area (Å²) in [7, 11) is -6.07. The minimum Gasteiger partial charge on any atom is -0.283 e. The molecule has 8 nitrogen and oxygen atoms in total. The molecule has 0 atom stereocenters. The fourth-order valence-electron chi connectivity index (χ4n) is 18.3. The van der Waals surface area contributed by atoms with Gasteiger partial charge in [0, 0.05) is 0 Å². The van der Waals surface area contributed by atoms with Crippen LogP contribution in [0.15, 0.2) is 334 Å². The van der Waals surface area contributed by atoms with Crippen molar-refractivity contribution in [3.63, 3.8) is 0 Å². The third-order valence-corrected chi connectivity index (χ3v) is 36.9. The Hall–Kier alpha value is -12.5. The molecule has 0 amide bonds. The molecule has 111 heavy (non-hydrogen) atoms. The van der Waals surface area contributed by atoms with Gasteiger partial charge in [0.15, 0.2) is 36.0 Å². The van der Waals surface area contributed by atoms with Crippen LogP contribution in [0.5, 0.6) is 0 Å². The Morgan fingerprint density at radius 1 is 0.207 bits per heavy atom. The van der Waals surface area contributed by atoms with Crippen molar-refractivity contribution < 1.29 is 0 Å². The van der Waals surface area contributed by atoms with E-state index in [0.29, 0.717) is 0 Å². The van der Waals surface area contributed by atoms with Crippen molar-refractivity contribution >= 4 is 208 Å². The van der Waals surface area contributed by atoms with Crippen LogP contribution in [0.4, 0.5) is 0 Å². The van der Waals surface area contributed by atoms with Gasteiger partial charge in [0.2, 0.25) is 0 Å². The molecule has 0 fully saturated rings. The highest BCUT2D eigenvalue weighted by molar-refractivity contribution is 7.25. The fourth-order valence-corrected chi connectivity index (χ4v) is 32.1. The Balaban J connectivity index is 0.614. The first-order valence-corrected chi connectivity index (χ1v) is 44.8. The molecule has 0 N–H and O–H groups in total. The Labute approximate surface area is 655 Å². The average Bonchev–Trinajstić information content (AvgIpc) is 1.74. The molecular weight excluding hydrogens is 1460 g/mol. The highest BCUT2D eigenvalue weighted by Gasteiger charge is 2.44. The molecule has 14 heteroatoms. The summed E-state index contributed by atoms with van der Waals surface area (Å²) in [4.78, 5) is 25.1. The second kappa shape index (κ2) is 24.8. The number of aryl methyl sites for hydroxylation is 3. The van der Waals surface area contributed by atoms with E-state index in [9.17, 15) is 0 Å². The van der Waals surface area contributed by atoms with Gasteiger partial charge < -0.3 is 0 Å². The zero-order chi connectivity index (χ0) is 73.4. The maximum absolute atomic E-state index is 5.38. The monoisotopic (exact) mass is 1520 g/mol. The van der Waals surface area contributed by atoms with Crippen molar-refractivity contribution in [3.8, 4) is 44.5 Å². The highest BCUT2D eigenvalue weighted by atomic mass is 32.1. The minimum atomic E-state index is -3.06. The second-order valence-electron chi connectivity index (χ2n) is 29.5. The standard InChI is InChI=1S/C97H64N8S4Si2/c1-59-47-79-86(103-83-38-17-19-40-91(83)107-95(103)99-79)56-75(59)64-23-20-34-71(50-64)110(67-26-8-4-9-27-67,68-28-10-5-11-29-68)72-35-21-24-65(51-72)77-58-88-81(49-61(77)3)101-97-105(88)89-53-62(42-46-92(89)108-97)63-41-45-84-93(54-63)109-96-100-80-48-60(2)76(57-87(80)104(84)96)66-25-22-36-73(52-66)111(69-30-12-6-13-31-69,70-32-14-7-15-33-70)74-43-44-78-85(55-74)102-82-37-16-18-39-90(82)106-94(102)98-78/h4-58H,1-3H3. The summed E-state index contributed by atoms with van der Waals surface area (Å²) in [6, 6.07) is 126. The van der Waals surface area contributed by atoms with Gasteiger partial charge in [0.25, 0.3) is 0 Å². The largest absolute Gasteiger partial charge is 0.283 e. The molecule has 15 aromatic carbocycles. The summed E-state index contributed by atoms with van der Waals surface area (Å²) in [6.45, 7) is 6.72. The van der Waals surface area contributed by atoms with E-state index in [4.69, 9.17) is 19.9 Å². The molecule has 0 aliphatic carbocycles. The molecule has 524 valence electrons. The smallest absolute Gasteiger partial charge is 0.195 e. The van der Waals surface area contributed by atoms with E-state index in [-0.39, 0.29) is 0 Å². The van der Waals surface area contributed by atoms with Gasteiger partial charge in [-0.1, -0.05) is 282 Å². The zero-order valence-corrected chi connectivity index (χ0v) is 65.7. The van der Waals surface area contributed by atoms with Crippen molar-refractivity contribution in [2.75, 3.05) is 0 Å². The van der Waals surface area contributed by atoms with Crippen LogP contribution in [0.1, 0.15) is 16.7 Å². The lowest BCUT2D eigenvalue weighted by molar-refractivity contribution is 1.34. The van der Waals surface area contributed by atoms with Gasteiger partial charge in [-0.25, -0.2) is 19.9 Å². The number of nitrogens with zero attached hydrogens (tertiary/aromatic N) is 8. The van der Waals surface area contributed by atoms with Gasteiger partial charge in [0.1, 0.15) is 0 Å². The van der Waals surface area contributed by atoms with E-state index in [1.807, 2.05) is 0 Å². The molecule has 0 bridgehead atoms. The fraction of sp³-hybridized carbons (Fsp3) is 0.0309. The molecule has 0 aliphatic rings. The second-order valence-corrected chi connectivity index (χ2v) is 41.2. The number of imidazole rings is 4. The van der Waals surface area contributed by atoms with Gasteiger partial charge in [0.05, 0.1) is 85.0 Å². The molecule has 0 saturated heterocycles. The van der Waals surface area contributed by atoms with Gasteiger partial charge >= 0.3 is 0 Å². The quantitative estimate of drug-likeness (QED) is 0.0903. The van der Waals surface area contributed by atoms with Crippen molar-refractivity contribution in [3.05, 3.63) is 350 Å². The Kier molecular flexibility index (Phi) is 14.4. The van der Waals surface area contributed by atoms with E-state index in [0.717, 1.165) is 86.1 Å². The Morgan fingerprint density at radius 2 is 0.532 bits per heavy atom. The van der Waals surface area contributed by atoms with Gasteiger partial charge in [-0.15, -0.1) is 0 Å². The molecule has 8 aromatic heterocycles. The summed E-state index contributed by atoms with van der Waals surface area (Å²) in [5.41, 5.74) is 26.2. The number of hydrogen-bond donors (Lipinski definition) is 0. The summed E-state index contributed by atoms with van der Waals surface area (Å²) in [5.74, 6) is 0. The number of fused-ring (bicyclic) bond motifs is 20. The molecule has 0 radical (unpaired) electrons. The van der Waals surface area contributed by atoms with Crippen LogP contribution in [-0.4, -0.2) is 53.7 Å². The average molecular weight is 1530 g/mol. The molecule has 0 aliphatic heterocycles. The van der Waals surface area contributed by atoms with Crippen molar-refractivity contribution in [1.29, 1.82) is 0 Å². The van der Waals surface area contributed by atoms with Crippen LogP contribution >= 0.6 is 45.3 Å². The van der Waals surface area contributed by atoms with Crippen molar-refractivity contribution in [1.82, 2.24) is 37.5 Å². The van der Waals surface area contributed by atoms with E-state index >= 15 is 0 Å². The first-order valence-electron chi connectivity index (χ1n) is 37.5. The third-order valence-electron chi connectivity index (χ3n) is 23.4. The lowest BCUT2D eigenvalue weighted by Crippen LogP contribution is -2.74. The number of benzene rings is 15. The molecule has 23 aromatic rings. The van der Waals surface area contributed by atoms with Crippen LogP contribution in [0.3, 0.4) is 0 Å². The predicted molar refractivity (Wildman–Crippen MR) is 476 cm³/mol. The van der Waals surface area contributed by atoms with Crippen LogP contribution in [-0.2, 0) is 0 Å². The van der Waals surface area contributed by atoms with E-state index in [1.54, 1.807) is 45.3 Å². The lowest BCUT2D eigenvalue weighted by Gasteiger charge is -2.35. The van der Waals surface area contributed by atoms with Crippen molar-refractivity contribution in [2.45, 2.75) is 20.8 Å². The van der Waals surface area contributed by atoms with Crippen LogP contribution in [0, 0.1) is 20.8 Å². The van der Waals surface area contributed by atoms with Crippen LogP contribution in [0.2, 0.25) is 0 Å². The maximum atomic E-state index is 5.38. The predicted octanol–water partition coefficient (Wildman–Crippen LogP) is 20.1. The van der Waals surface area contributed by atoms with Crippen molar-refractivity contribution in [2.24, 2.45) is 0 Å². The number of rotatable bonds is 12. The third kappa shape index (κ3) is 9.72. The maximum Gasteiger partial charge on any atom is 0.195 e. The SMILES string of the molecule is Cc1cc2nc3sc4ccccc4n3c2cc1-c1cccc([Si](c2ccccc2)(c2ccccc2)c2cccc(-c3cc4c(cc3C)nc3sc5ccc(-c6ccc7c(c6)sc6nc8cc(C)c(-c9cccc([Si](c%10ccccc%10)(c%10ccccc%10)c%10ccc%11nc%12sc%13ccccc%13n%12c%11c%10)c9)cc8n67)cc5n34)c2)c1. The van der Waals surface area contributed by atoms with E-state index in [1.165, 1.54) is 121 Å². The molecular formula is C97H64N8S4Si2. The van der Waals surface area contributed by atoms with E-state index in [2.05, 4.69) is 372 Å². The normalized spacial score (nSPS) is 12.5. The molecule has 8 heterocycles. The molecule has 0 spiro atoms. The summed E-state index contributed by atoms with van der Waals surface area (Å²) in [6.07, 6.45) is 0. The summed E-state index contributed by atoms with van der Waals surface area (Å²) < 4.78 is 14.3. The Morgan fingerprint density at radius 3 is 0.964 bits per heavy atom. The zero-order valence-electron chi connectivity index (χ0n) is 60.5. The lowest BCUT2D eigenvalue weighted by atomic mass is 9.99. The van der Waals surface area contributed by atoms with Gasteiger partial charge in [-0.3, -0.25) is 17.6 Å². The van der Waals surface area contributed by atoms with E-state index < -0.39 is 16.1 Å². The van der Waals surface area contributed by atoms with Gasteiger partial charge in [-0.2, -0.15) is 0 Å². The number of aromatic nitrogens is 8. The topological polar surface area (TPSA) is 69.2 Å². The van der Waals surface area contributed by atoms with Gasteiger partial charge in [-0.05, 0) is 221 Å². The highest BCUT2D eigenvalue weighted by Crippen LogP contribution is 2.42.